The number of nitrogens with one attached hydrogen (secondary N) is 1. The Balaban J connectivity index is 1.87. The lowest BCUT2D eigenvalue weighted by Crippen LogP contribution is -2.35. The summed E-state index contributed by atoms with van der Waals surface area (Å²) in [5, 5.41) is 3.53. The molecule has 0 bridgehead atoms. The van der Waals surface area contributed by atoms with Crippen molar-refractivity contribution in [2.45, 2.75) is 39.2 Å². The number of hydrogen-bond donors (Lipinski definition) is 1. The summed E-state index contributed by atoms with van der Waals surface area (Å²) in [4.78, 5) is 11.4. The number of anilines is 1. The third-order valence-corrected chi connectivity index (χ3v) is 4.70. The van der Waals surface area contributed by atoms with Gasteiger partial charge in [-0.15, -0.1) is 0 Å². The van der Waals surface area contributed by atoms with E-state index in [1.54, 1.807) is 6.33 Å². The lowest BCUT2D eigenvalue weighted by atomic mass is 9.93. The molecule has 3 atom stereocenters. The smallest absolute Gasteiger partial charge is 0.132 e. The van der Waals surface area contributed by atoms with Gasteiger partial charge in [0, 0.05) is 37.4 Å². The average Bonchev–Trinajstić information content (AvgIpc) is 2.98. The molecule has 2 aliphatic rings. The number of aromatic nitrogens is 2. The van der Waals surface area contributed by atoms with Crippen LogP contribution in [0.2, 0.25) is 0 Å². The van der Waals surface area contributed by atoms with Gasteiger partial charge in [0.2, 0.25) is 0 Å². The highest BCUT2D eigenvalue weighted by Gasteiger charge is 2.43. The molecule has 0 radical (unpaired) electrons. The second-order valence-electron chi connectivity index (χ2n) is 6.17. The summed E-state index contributed by atoms with van der Waals surface area (Å²) in [6, 6.07) is 2.82. The Labute approximate surface area is 115 Å². The molecule has 1 N–H and O–H groups in total. The van der Waals surface area contributed by atoms with Crippen molar-refractivity contribution in [2.75, 3.05) is 24.5 Å². The van der Waals surface area contributed by atoms with Gasteiger partial charge in [0.1, 0.15) is 12.1 Å². The van der Waals surface area contributed by atoms with E-state index in [1.165, 1.54) is 19.5 Å². The third kappa shape index (κ3) is 2.22. The van der Waals surface area contributed by atoms with Crippen LogP contribution in [0.4, 0.5) is 5.82 Å². The van der Waals surface area contributed by atoms with Crippen LogP contribution in [0.15, 0.2) is 12.4 Å². The molecule has 19 heavy (non-hydrogen) atoms. The topological polar surface area (TPSA) is 41.0 Å². The number of rotatable bonds is 3. The van der Waals surface area contributed by atoms with Gasteiger partial charge in [0.15, 0.2) is 0 Å². The zero-order valence-corrected chi connectivity index (χ0v) is 12.1. The van der Waals surface area contributed by atoms with Crippen LogP contribution in [0.3, 0.4) is 0 Å². The Hall–Kier alpha value is -1.16. The molecular weight excluding hydrogens is 236 g/mol. The van der Waals surface area contributed by atoms with Crippen LogP contribution in [0.25, 0.3) is 0 Å². The molecule has 1 aromatic rings. The van der Waals surface area contributed by atoms with E-state index in [0.29, 0.717) is 12.0 Å². The fourth-order valence-corrected chi connectivity index (χ4v) is 3.64. The molecule has 2 aliphatic heterocycles. The van der Waals surface area contributed by atoms with Crippen LogP contribution >= 0.6 is 0 Å². The molecule has 104 valence electrons. The molecular formula is C15H24N4. The summed E-state index contributed by atoms with van der Waals surface area (Å²) in [6.45, 7) is 10.1. The quantitative estimate of drug-likeness (QED) is 0.903. The fraction of sp³-hybridized carbons (Fsp3) is 0.733. The van der Waals surface area contributed by atoms with Gasteiger partial charge in [-0.25, -0.2) is 9.97 Å². The Bertz CT molecular complexity index is 446. The summed E-state index contributed by atoms with van der Waals surface area (Å²) >= 11 is 0. The van der Waals surface area contributed by atoms with Gasteiger partial charge < -0.3 is 10.2 Å². The Kier molecular flexibility index (Phi) is 3.44. The van der Waals surface area contributed by atoms with Crippen molar-refractivity contribution in [3.05, 3.63) is 18.1 Å². The minimum absolute atomic E-state index is 0.464. The van der Waals surface area contributed by atoms with E-state index in [-0.39, 0.29) is 0 Å². The molecule has 0 amide bonds. The normalized spacial score (nSPS) is 30.1. The maximum Gasteiger partial charge on any atom is 0.132 e. The van der Waals surface area contributed by atoms with Crippen LogP contribution in [-0.2, 0) is 0 Å². The second kappa shape index (κ2) is 5.08. The highest BCUT2D eigenvalue weighted by Crippen LogP contribution is 2.36. The molecule has 2 saturated heterocycles. The highest BCUT2D eigenvalue weighted by molar-refractivity contribution is 5.43. The van der Waals surface area contributed by atoms with Gasteiger partial charge in [0.05, 0.1) is 0 Å². The van der Waals surface area contributed by atoms with E-state index >= 15 is 0 Å². The van der Waals surface area contributed by atoms with Crippen LogP contribution < -0.4 is 10.2 Å². The zero-order valence-electron chi connectivity index (χ0n) is 12.1. The van der Waals surface area contributed by atoms with Crippen LogP contribution in [0.5, 0.6) is 0 Å². The molecule has 4 heteroatoms. The van der Waals surface area contributed by atoms with E-state index in [4.69, 9.17) is 0 Å². The zero-order chi connectivity index (χ0) is 13.4. The third-order valence-electron chi connectivity index (χ3n) is 4.70. The minimum atomic E-state index is 0.464. The predicted octanol–water partition coefficient (Wildman–Crippen LogP) is 2.03. The van der Waals surface area contributed by atoms with Crippen LogP contribution in [0.1, 0.15) is 38.8 Å². The first kappa shape index (κ1) is 12.9. The van der Waals surface area contributed by atoms with Gasteiger partial charge in [-0.1, -0.05) is 20.8 Å². The lowest BCUT2D eigenvalue weighted by molar-refractivity contribution is 0.441. The first-order valence-electron chi connectivity index (χ1n) is 7.50. The average molecular weight is 260 g/mol. The molecule has 0 saturated carbocycles. The molecule has 2 fully saturated rings. The van der Waals surface area contributed by atoms with Crippen molar-refractivity contribution >= 4 is 5.82 Å². The summed E-state index contributed by atoms with van der Waals surface area (Å²) in [5.74, 6) is 3.18. The molecule has 0 aromatic carbocycles. The largest absolute Gasteiger partial charge is 0.353 e. The van der Waals surface area contributed by atoms with E-state index in [9.17, 15) is 0 Å². The summed E-state index contributed by atoms with van der Waals surface area (Å²) < 4.78 is 0. The van der Waals surface area contributed by atoms with Crippen molar-refractivity contribution in [3.8, 4) is 0 Å². The van der Waals surface area contributed by atoms with Gasteiger partial charge in [-0.2, -0.15) is 0 Å². The van der Waals surface area contributed by atoms with Gasteiger partial charge in [0.25, 0.3) is 0 Å². The number of fused-ring (bicyclic) bond motifs is 1. The molecule has 4 nitrogen and oxygen atoms in total. The van der Waals surface area contributed by atoms with Crippen molar-refractivity contribution in [3.63, 3.8) is 0 Å². The molecule has 0 spiro atoms. The monoisotopic (exact) mass is 260 g/mol. The molecule has 3 unspecified atom stereocenters. The van der Waals surface area contributed by atoms with E-state index in [2.05, 4.69) is 47.0 Å². The van der Waals surface area contributed by atoms with Crippen molar-refractivity contribution < 1.29 is 0 Å². The van der Waals surface area contributed by atoms with E-state index in [1.807, 2.05) is 0 Å². The standard InChI is InChI=1S/C15H24N4/c1-4-14-12-7-16-6-11(12)8-19(14)15-5-13(10(2)3)17-9-18-15/h5,9-12,14,16H,4,6-8H2,1-3H3. The van der Waals surface area contributed by atoms with E-state index in [0.717, 1.165) is 29.9 Å². The van der Waals surface area contributed by atoms with Crippen molar-refractivity contribution in [2.24, 2.45) is 11.8 Å². The lowest BCUT2D eigenvalue weighted by Gasteiger charge is -2.28. The Morgan fingerprint density at radius 1 is 1.37 bits per heavy atom. The molecule has 0 aliphatic carbocycles. The van der Waals surface area contributed by atoms with E-state index < -0.39 is 0 Å². The van der Waals surface area contributed by atoms with Gasteiger partial charge >= 0.3 is 0 Å². The maximum atomic E-state index is 4.52. The first-order chi connectivity index (χ1) is 9.20. The second-order valence-corrected chi connectivity index (χ2v) is 6.17. The Morgan fingerprint density at radius 3 is 2.95 bits per heavy atom. The highest BCUT2D eigenvalue weighted by atomic mass is 15.3. The molecule has 3 heterocycles. The maximum absolute atomic E-state index is 4.52. The van der Waals surface area contributed by atoms with Gasteiger partial charge in [-0.05, 0) is 24.2 Å². The fourth-order valence-electron chi connectivity index (χ4n) is 3.64. The number of hydrogen-bond acceptors (Lipinski definition) is 4. The predicted molar refractivity (Wildman–Crippen MR) is 77.4 cm³/mol. The van der Waals surface area contributed by atoms with Crippen LogP contribution in [-0.4, -0.2) is 35.6 Å². The van der Waals surface area contributed by atoms with Crippen LogP contribution in [0, 0.1) is 11.8 Å². The summed E-state index contributed by atoms with van der Waals surface area (Å²) in [6.07, 6.45) is 2.92. The summed E-state index contributed by atoms with van der Waals surface area (Å²) in [7, 11) is 0. The Morgan fingerprint density at radius 2 is 2.21 bits per heavy atom. The first-order valence-corrected chi connectivity index (χ1v) is 7.50. The van der Waals surface area contributed by atoms with Crippen molar-refractivity contribution in [1.82, 2.24) is 15.3 Å². The van der Waals surface area contributed by atoms with Crippen molar-refractivity contribution in [1.29, 1.82) is 0 Å². The summed E-state index contributed by atoms with van der Waals surface area (Å²) in [5.41, 5.74) is 1.15. The SMILES string of the molecule is CCC1C2CNCC2CN1c1cc(C(C)C)ncn1. The molecule has 3 rings (SSSR count). The number of nitrogens with zero attached hydrogens (tertiary/aromatic N) is 3. The molecule has 1 aromatic heterocycles. The minimum Gasteiger partial charge on any atom is -0.353 e. The van der Waals surface area contributed by atoms with Gasteiger partial charge in [-0.3, -0.25) is 0 Å².